The molecule has 2 rings (SSSR count). The topological polar surface area (TPSA) is 26.3 Å². The van der Waals surface area contributed by atoms with E-state index in [1.54, 1.807) is 6.08 Å². The molecule has 0 saturated heterocycles. The zero-order chi connectivity index (χ0) is 11.5. The van der Waals surface area contributed by atoms with Crippen molar-refractivity contribution in [3.05, 3.63) is 41.0 Å². The lowest BCUT2D eigenvalue weighted by atomic mass is 10.0. The van der Waals surface area contributed by atoms with Crippen molar-refractivity contribution in [2.75, 3.05) is 6.61 Å². The number of esters is 1. The average molecular weight is 216 g/mol. The molecule has 0 bridgehead atoms. The first-order valence-electron chi connectivity index (χ1n) is 5.68. The molecule has 0 aliphatic heterocycles. The smallest absolute Gasteiger partial charge is 0.331 e. The normalized spacial score (nSPS) is 16.2. The van der Waals surface area contributed by atoms with Gasteiger partial charge in [0.25, 0.3) is 0 Å². The highest BCUT2D eigenvalue weighted by Crippen LogP contribution is 2.33. The lowest BCUT2D eigenvalue weighted by Gasteiger charge is -2.03. The SMILES string of the molecule is CCOC(=O)/C=C1/CCc2c(C)cccc21. The molecule has 0 amide bonds. The molecular weight excluding hydrogens is 200 g/mol. The van der Waals surface area contributed by atoms with Crippen LogP contribution in [0, 0.1) is 6.92 Å². The maximum atomic E-state index is 11.4. The van der Waals surface area contributed by atoms with Crippen molar-refractivity contribution in [3.8, 4) is 0 Å². The molecule has 0 N–H and O–H groups in total. The predicted molar refractivity (Wildman–Crippen MR) is 64.1 cm³/mol. The third-order valence-electron chi connectivity index (χ3n) is 2.98. The Labute approximate surface area is 95.9 Å². The minimum atomic E-state index is -0.230. The summed E-state index contributed by atoms with van der Waals surface area (Å²) >= 11 is 0. The predicted octanol–water partition coefficient (Wildman–Crippen LogP) is 2.89. The summed E-state index contributed by atoms with van der Waals surface area (Å²) in [5, 5.41) is 0. The fourth-order valence-electron chi connectivity index (χ4n) is 2.21. The van der Waals surface area contributed by atoms with Gasteiger partial charge in [0.15, 0.2) is 0 Å². The number of hydrogen-bond acceptors (Lipinski definition) is 2. The summed E-state index contributed by atoms with van der Waals surface area (Å²) in [5.74, 6) is -0.230. The number of allylic oxidation sites excluding steroid dienone is 1. The van der Waals surface area contributed by atoms with Gasteiger partial charge in [0, 0.05) is 6.08 Å². The molecule has 0 spiro atoms. The van der Waals surface area contributed by atoms with Crippen LogP contribution in [0.25, 0.3) is 5.57 Å². The third kappa shape index (κ3) is 2.01. The quantitative estimate of drug-likeness (QED) is 0.561. The number of rotatable bonds is 2. The van der Waals surface area contributed by atoms with E-state index in [1.165, 1.54) is 16.7 Å². The van der Waals surface area contributed by atoms with Crippen molar-refractivity contribution < 1.29 is 9.53 Å². The molecule has 16 heavy (non-hydrogen) atoms. The highest BCUT2D eigenvalue weighted by Gasteiger charge is 2.18. The largest absolute Gasteiger partial charge is 0.463 e. The van der Waals surface area contributed by atoms with E-state index in [0.29, 0.717) is 6.61 Å². The Hall–Kier alpha value is -1.57. The van der Waals surface area contributed by atoms with Gasteiger partial charge in [0.05, 0.1) is 6.61 Å². The van der Waals surface area contributed by atoms with Crippen LogP contribution in [0.4, 0.5) is 0 Å². The zero-order valence-corrected chi connectivity index (χ0v) is 9.75. The van der Waals surface area contributed by atoms with Gasteiger partial charge in [0.1, 0.15) is 0 Å². The minimum absolute atomic E-state index is 0.230. The third-order valence-corrected chi connectivity index (χ3v) is 2.98. The van der Waals surface area contributed by atoms with Crippen molar-refractivity contribution >= 4 is 11.5 Å². The van der Waals surface area contributed by atoms with Crippen LogP contribution in [0.2, 0.25) is 0 Å². The second-order valence-corrected chi connectivity index (χ2v) is 4.02. The Morgan fingerprint density at radius 2 is 2.25 bits per heavy atom. The monoisotopic (exact) mass is 216 g/mol. The van der Waals surface area contributed by atoms with Gasteiger partial charge < -0.3 is 4.74 Å². The molecule has 2 nitrogen and oxygen atoms in total. The summed E-state index contributed by atoms with van der Waals surface area (Å²) in [6, 6.07) is 6.24. The van der Waals surface area contributed by atoms with Crippen molar-refractivity contribution in [3.63, 3.8) is 0 Å². The van der Waals surface area contributed by atoms with Gasteiger partial charge >= 0.3 is 5.97 Å². The number of carbonyl (C=O) groups is 1. The molecule has 1 aliphatic carbocycles. The molecule has 1 aromatic carbocycles. The van der Waals surface area contributed by atoms with Crippen LogP contribution in [0.15, 0.2) is 24.3 Å². The van der Waals surface area contributed by atoms with Crippen LogP contribution in [-0.4, -0.2) is 12.6 Å². The lowest BCUT2D eigenvalue weighted by molar-refractivity contribution is -0.137. The van der Waals surface area contributed by atoms with E-state index in [2.05, 4.69) is 19.1 Å². The van der Waals surface area contributed by atoms with Crippen molar-refractivity contribution in [1.29, 1.82) is 0 Å². The molecule has 0 radical (unpaired) electrons. The molecule has 84 valence electrons. The standard InChI is InChI=1S/C14H16O2/c1-3-16-14(15)9-11-7-8-12-10(2)5-4-6-13(11)12/h4-6,9H,3,7-8H2,1-2H3/b11-9-. The molecule has 2 heteroatoms. The van der Waals surface area contributed by atoms with Crippen LogP contribution < -0.4 is 0 Å². The summed E-state index contributed by atoms with van der Waals surface area (Å²) in [7, 11) is 0. The molecule has 0 atom stereocenters. The van der Waals surface area contributed by atoms with E-state index < -0.39 is 0 Å². The van der Waals surface area contributed by atoms with E-state index in [0.717, 1.165) is 18.4 Å². The van der Waals surface area contributed by atoms with Crippen molar-refractivity contribution in [2.45, 2.75) is 26.7 Å². The zero-order valence-electron chi connectivity index (χ0n) is 9.75. The van der Waals surface area contributed by atoms with Crippen molar-refractivity contribution in [1.82, 2.24) is 0 Å². The first-order valence-corrected chi connectivity index (χ1v) is 5.68. The Morgan fingerprint density at radius 1 is 1.44 bits per heavy atom. The van der Waals surface area contributed by atoms with E-state index in [4.69, 9.17) is 4.74 Å². The maximum Gasteiger partial charge on any atom is 0.331 e. The van der Waals surface area contributed by atoms with Crippen LogP contribution in [0.5, 0.6) is 0 Å². The fourth-order valence-corrected chi connectivity index (χ4v) is 2.21. The van der Waals surface area contributed by atoms with E-state index >= 15 is 0 Å². The van der Waals surface area contributed by atoms with Crippen LogP contribution in [-0.2, 0) is 16.0 Å². The number of hydrogen-bond donors (Lipinski definition) is 0. The Kier molecular flexibility index (Phi) is 3.09. The van der Waals surface area contributed by atoms with Gasteiger partial charge in [-0.05, 0) is 49.0 Å². The maximum absolute atomic E-state index is 11.4. The molecule has 0 saturated carbocycles. The Bertz CT molecular complexity index is 444. The summed E-state index contributed by atoms with van der Waals surface area (Å²) in [4.78, 5) is 11.4. The number of carbonyl (C=O) groups excluding carboxylic acids is 1. The first kappa shape index (κ1) is 10.9. The van der Waals surface area contributed by atoms with Gasteiger partial charge in [-0.1, -0.05) is 18.2 Å². The highest BCUT2D eigenvalue weighted by atomic mass is 16.5. The molecular formula is C14H16O2. The van der Waals surface area contributed by atoms with E-state index in [-0.39, 0.29) is 5.97 Å². The molecule has 1 aromatic rings. The van der Waals surface area contributed by atoms with Crippen LogP contribution in [0.1, 0.15) is 30.0 Å². The second-order valence-electron chi connectivity index (χ2n) is 4.02. The number of fused-ring (bicyclic) bond motifs is 1. The summed E-state index contributed by atoms with van der Waals surface area (Å²) in [6.07, 6.45) is 3.61. The number of benzene rings is 1. The summed E-state index contributed by atoms with van der Waals surface area (Å²) < 4.78 is 4.93. The van der Waals surface area contributed by atoms with Crippen LogP contribution in [0.3, 0.4) is 0 Å². The van der Waals surface area contributed by atoms with Gasteiger partial charge in [-0.3, -0.25) is 0 Å². The molecule has 0 fully saturated rings. The van der Waals surface area contributed by atoms with Gasteiger partial charge in [-0.15, -0.1) is 0 Å². The van der Waals surface area contributed by atoms with Gasteiger partial charge in [0.2, 0.25) is 0 Å². The number of aryl methyl sites for hydroxylation is 1. The second kappa shape index (κ2) is 4.52. The number of ether oxygens (including phenoxy) is 1. The highest BCUT2D eigenvalue weighted by molar-refractivity contribution is 5.93. The molecule has 0 aromatic heterocycles. The first-order chi connectivity index (χ1) is 7.72. The molecule has 1 aliphatic rings. The van der Waals surface area contributed by atoms with Gasteiger partial charge in [-0.25, -0.2) is 4.79 Å². The summed E-state index contributed by atoms with van der Waals surface area (Å²) in [6.45, 7) is 4.37. The van der Waals surface area contributed by atoms with Gasteiger partial charge in [-0.2, -0.15) is 0 Å². The van der Waals surface area contributed by atoms with Crippen molar-refractivity contribution in [2.24, 2.45) is 0 Å². The molecule has 0 unspecified atom stereocenters. The minimum Gasteiger partial charge on any atom is -0.463 e. The fraction of sp³-hybridized carbons (Fsp3) is 0.357. The summed E-state index contributed by atoms with van der Waals surface area (Å²) in [5.41, 5.74) is 5.01. The van der Waals surface area contributed by atoms with E-state index in [1.807, 2.05) is 13.0 Å². The Morgan fingerprint density at radius 3 is 3.00 bits per heavy atom. The Balaban J connectivity index is 2.30. The average Bonchev–Trinajstić information content (AvgIpc) is 2.64. The van der Waals surface area contributed by atoms with E-state index in [9.17, 15) is 4.79 Å². The van der Waals surface area contributed by atoms with Crippen LogP contribution >= 0.6 is 0 Å². The molecule has 0 heterocycles. The lowest BCUT2D eigenvalue weighted by Crippen LogP contribution is -2.00.